The van der Waals surface area contributed by atoms with E-state index in [0.29, 0.717) is 0 Å². The number of ether oxygens (including phenoxy) is 2. The number of rotatable bonds is 5. The van der Waals surface area contributed by atoms with Crippen LogP contribution in [0.2, 0.25) is 0 Å². The van der Waals surface area contributed by atoms with Crippen molar-refractivity contribution in [2.75, 3.05) is 34.0 Å². The van der Waals surface area contributed by atoms with Gasteiger partial charge in [-0.3, -0.25) is 9.69 Å². The van der Waals surface area contributed by atoms with Crippen LogP contribution in [-0.4, -0.2) is 80.0 Å². The van der Waals surface area contributed by atoms with Crippen molar-refractivity contribution in [1.29, 1.82) is 0 Å². The van der Waals surface area contributed by atoms with Crippen molar-refractivity contribution in [3.8, 4) is 0 Å². The highest BCUT2D eigenvalue weighted by molar-refractivity contribution is 5.90. The number of hydrogen-bond acceptors (Lipinski definition) is 6. The molecule has 11 heteroatoms. The molecule has 0 aromatic carbocycles. The zero-order valence-electron chi connectivity index (χ0n) is 14.4. The lowest BCUT2D eigenvalue weighted by Crippen LogP contribution is -2.54. The van der Waals surface area contributed by atoms with E-state index in [1.165, 1.54) is 0 Å². The molecule has 1 heterocycles. The van der Waals surface area contributed by atoms with Crippen molar-refractivity contribution >= 4 is 18.0 Å². The van der Waals surface area contributed by atoms with Gasteiger partial charge >= 0.3 is 18.2 Å². The molecule has 0 radical (unpaired) electrons. The van der Waals surface area contributed by atoms with Crippen molar-refractivity contribution in [2.45, 2.75) is 32.1 Å². The first kappa shape index (κ1) is 21.0. The molecular weight excluding hydrogens is 347 g/mol. The topological polar surface area (TPSA) is 88.2 Å². The van der Waals surface area contributed by atoms with Crippen molar-refractivity contribution < 1.29 is 37.0 Å². The molecule has 1 aliphatic rings. The smallest absolute Gasteiger partial charge is 0.407 e. The van der Waals surface area contributed by atoms with E-state index in [1.807, 2.05) is 0 Å². The highest BCUT2D eigenvalue weighted by Gasteiger charge is 2.45. The van der Waals surface area contributed by atoms with Gasteiger partial charge in [0.1, 0.15) is 12.1 Å². The fraction of sp³-hybridized carbons (Fsp3) is 0.786. The number of nitrogens with zero attached hydrogens (tertiary/aromatic N) is 2. The van der Waals surface area contributed by atoms with Gasteiger partial charge in [-0.1, -0.05) is 13.8 Å². The van der Waals surface area contributed by atoms with E-state index in [-0.39, 0.29) is 12.5 Å². The van der Waals surface area contributed by atoms with Crippen LogP contribution in [0.3, 0.4) is 0 Å². The molecule has 25 heavy (non-hydrogen) atoms. The Kier molecular flexibility index (Phi) is 7.03. The monoisotopic (exact) mass is 369 g/mol. The number of esters is 1. The Balaban J connectivity index is 3.00. The Hall–Kier alpha value is -2.04. The molecule has 2 amide bonds. The number of halogens is 3. The fourth-order valence-corrected chi connectivity index (χ4v) is 2.52. The molecular formula is C14H22F3N3O5. The summed E-state index contributed by atoms with van der Waals surface area (Å²) in [4.78, 5) is 37.9. The Morgan fingerprint density at radius 3 is 2.24 bits per heavy atom. The highest BCUT2D eigenvalue weighted by Crippen LogP contribution is 2.23. The molecule has 1 saturated heterocycles. The minimum Gasteiger partial charge on any atom is -0.467 e. The summed E-state index contributed by atoms with van der Waals surface area (Å²) in [6.45, 7) is 1.33. The molecule has 1 rings (SSSR count). The largest absolute Gasteiger partial charge is 0.467 e. The summed E-state index contributed by atoms with van der Waals surface area (Å²) >= 11 is 0. The molecule has 1 fully saturated rings. The minimum absolute atomic E-state index is 0.305. The van der Waals surface area contributed by atoms with Gasteiger partial charge in [-0.2, -0.15) is 13.2 Å². The van der Waals surface area contributed by atoms with Crippen LogP contribution in [0.25, 0.3) is 0 Å². The second kappa shape index (κ2) is 8.37. The molecule has 1 N–H and O–H groups in total. The van der Waals surface area contributed by atoms with Gasteiger partial charge in [0.15, 0.2) is 0 Å². The first-order valence-electron chi connectivity index (χ1n) is 7.52. The van der Waals surface area contributed by atoms with E-state index in [1.54, 1.807) is 13.8 Å². The third-order valence-corrected chi connectivity index (χ3v) is 3.71. The SMILES string of the molecule is COC(=O)N[C@H](C(=O)N1CN(CC(F)(F)F)C[C@H]1C(=O)OC)C(C)C. The number of hydrogen-bond donors (Lipinski definition) is 1. The summed E-state index contributed by atoms with van der Waals surface area (Å²) in [5, 5.41) is 2.34. The van der Waals surface area contributed by atoms with Crippen molar-refractivity contribution in [3.63, 3.8) is 0 Å². The normalized spacial score (nSPS) is 19.7. The summed E-state index contributed by atoms with van der Waals surface area (Å²) in [6.07, 6.45) is -5.32. The van der Waals surface area contributed by atoms with Crippen LogP contribution in [0.5, 0.6) is 0 Å². The molecule has 0 aliphatic carbocycles. The molecule has 8 nitrogen and oxygen atoms in total. The predicted octanol–water partition coefficient (Wildman–Crippen LogP) is 0.573. The Morgan fingerprint density at radius 1 is 1.20 bits per heavy atom. The molecule has 0 bridgehead atoms. The van der Waals surface area contributed by atoms with Crippen LogP contribution in [0.4, 0.5) is 18.0 Å². The number of alkyl carbamates (subject to hydrolysis) is 1. The molecule has 0 unspecified atom stereocenters. The summed E-state index contributed by atoms with van der Waals surface area (Å²) in [7, 11) is 2.21. The van der Waals surface area contributed by atoms with Gasteiger partial charge in [0, 0.05) is 6.54 Å². The summed E-state index contributed by atoms with van der Waals surface area (Å²) in [5.41, 5.74) is 0. The Morgan fingerprint density at radius 2 is 1.80 bits per heavy atom. The Bertz CT molecular complexity index is 512. The lowest BCUT2D eigenvalue weighted by molar-refractivity contribution is -0.151. The average Bonchev–Trinajstić information content (AvgIpc) is 2.92. The third-order valence-electron chi connectivity index (χ3n) is 3.71. The predicted molar refractivity (Wildman–Crippen MR) is 79.3 cm³/mol. The van der Waals surface area contributed by atoms with Gasteiger partial charge in [-0.25, -0.2) is 9.59 Å². The number of carbonyl (C=O) groups is 3. The van der Waals surface area contributed by atoms with Crippen LogP contribution < -0.4 is 5.32 Å². The molecule has 144 valence electrons. The lowest BCUT2D eigenvalue weighted by atomic mass is 10.0. The van der Waals surface area contributed by atoms with Crippen LogP contribution in [-0.2, 0) is 19.1 Å². The van der Waals surface area contributed by atoms with Crippen molar-refractivity contribution in [1.82, 2.24) is 15.1 Å². The van der Waals surface area contributed by atoms with Gasteiger partial charge in [0.05, 0.1) is 27.4 Å². The van der Waals surface area contributed by atoms with Gasteiger partial charge in [-0.05, 0) is 5.92 Å². The first-order chi connectivity index (χ1) is 11.5. The molecule has 1 aliphatic heterocycles. The van der Waals surface area contributed by atoms with E-state index in [9.17, 15) is 27.6 Å². The number of amides is 2. The lowest BCUT2D eigenvalue weighted by Gasteiger charge is -2.29. The molecule has 0 saturated carbocycles. The van der Waals surface area contributed by atoms with Gasteiger partial charge in [0.2, 0.25) is 5.91 Å². The average molecular weight is 369 g/mol. The zero-order valence-corrected chi connectivity index (χ0v) is 14.4. The number of nitrogens with one attached hydrogen (secondary N) is 1. The van der Waals surface area contributed by atoms with E-state index in [4.69, 9.17) is 0 Å². The summed E-state index contributed by atoms with van der Waals surface area (Å²) < 4.78 is 46.9. The summed E-state index contributed by atoms with van der Waals surface area (Å²) in [6, 6.07) is -2.23. The third kappa shape index (κ3) is 5.76. The van der Waals surface area contributed by atoms with Gasteiger partial charge < -0.3 is 19.7 Å². The molecule has 2 atom stereocenters. The second-order valence-corrected chi connectivity index (χ2v) is 5.97. The fourth-order valence-electron chi connectivity index (χ4n) is 2.52. The molecule has 0 aromatic rings. The molecule has 0 aromatic heterocycles. The maximum atomic E-state index is 12.7. The van der Waals surface area contributed by atoms with E-state index in [0.717, 1.165) is 24.0 Å². The van der Waals surface area contributed by atoms with E-state index in [2.05, 4.69) is 14.8 Å². The zero-order chi connectivity index (χ0) is 19.4. The minimum atomic E-state index is -4.47. The quantitative estimate of drug-likeness (QED) is 0.713. The van der Waals surface area contributed by atoms with E-state index < -0.39 is 49.4 Å². The van der Waals surface area contributed by atoms with Crippen LogP contribution in [0.15, 0.2) is 0 Å². The standard InChI is InChI=1S/C14H22F3N3O5/c1-8(2)10(18-13(23)25-4)11(21)20-7-19(6-14(15,16)17)5-9(20)12(22)24-3/h8-10H,5-7H2,1-4H3,(H,18,23)/t9-,10-/m0/s1. The number of alkyl halides is 3. The molecule has 0 spiro atoms. The van der Waals surface area contributed by atoms with Crippen LogP contribution in [0.1, 0.15) is 13.8 Å². The number of methoxy groups -OCH3 is 2. The number of carbonyl (C=O) groups excluding carboxylic acids is 3. The van der Waals surface area contributed by atoms with Crippen LogP contribution in [0, 0.1) is 5.92 Å². The summed E-state index contributed by atoms with van der Waals surface area (Å²) in [5.74, 6) is -1.87. The second-order valence-electron chi connectivity index (χ2n) is 5.97. The van der Waals surface area contributed by atoms with Gasteiger partial charge in [-0.15, -0.1) is 0 Å². The van der Waals surface area contributed by atoms with Crippen molar-refractivity contribution in [2.24, 2.45) is 5.92 Å². The van der Waals surface area contributed by atoms with Crippen LogP contribution >= 0.6 is 0 Å². The Labute approximate surface area is 143 Å². The first-order valence-corrected chi connectivity index (χ1v) is 7.52. The maximum Gasteiger partial charge on any atom is 0.407 e. The van der Waals surface area contributed by atoms with Crippen molar-refractivity contribution in [3.05, 3.63) is 0 Å². The van der Waals surface area contributed by atoms with E-state index >= 15 is 0 Å². The maximum absolute atomic E-state index is 12.7. The van der Waals surface area contributed by atoms with Gasteiger partial charge in [0.25, 0.3) is 0 Å². The highest BCUT2D eigenvalue weighted by atomic mass is 19.4.